The first-order chi connectivity index (χ1) is 8.74. The molecule has 0 N–H and O–H groups in total. The highest BCUT2D eigenvalue weighted by Gasteiger charge is 2.13. The second-order valence-corrected chi connectivity index (χ2v) is 5.31. The molecular formula is C12H6Cl2N2OS. The number of hydrogen-bond donors (Lipinski definition) is 0. The Bertz CT molecular complexity index is 679. The minimum absolute atomic E-state index is 0.389. The van der Waals surface area contributed by atoms with Crippen LogP contribution in [0.1, 0.15) is 0 Å². The number of benzene rings is 1. The highest BCUT2D eigenvalue weighted by atomic mass is 35.5. The minimum Gasteiger partial charge on any atom is -0.415 e. The largest absolute Gasteiger partial charge is 0.415 e. The Kier molecular flexibility index (Phi) is 3.07. The molecule has 0 saturated heterocycles. The van der Waals surface area contributed by atoms with Gasteiger partial charge in [0.05, 0.1) is 15.5 Å². The fourth-order valence-corrected chi connectivity index (χ4v) is 2.63. The van der Waals surface area contributed by atoms with Gasteiger partial charge in [-0.05, 0) is 29.6 Å². The molecular weight excluding hydrogens is 291 g/mol. The predicted octanol–water partition coefficient (Wildman–Crippen LogP) is 4.77. The first kappa shape index (κ1) is 11.7. The monoisotopic (exact) mass is 296 g/mol. The first-order valence-corrected chi connectivity index (χ1v) is 6.70. The summed E-state index contributed by atoms with van der Waals surface area (Å²) in [5, 5.41) is 11.0. The molecule has 0 unspecified atom stereocenters. The van der Waals surface area contributed by atoms with Gasteiger partial charge in [-0.1, -0.05) is 29.3 Å². The van der Waals surface area contributed by atoms with Crippen LogP contribution in [0.15, 0.2) is 40.1 Å². The molecule has 1 aromatic carbocycles. The highest BCUT2D eigenvalue weighted by Crippen LogP contribution is 2.32. The van der Waals surface area contributed by atoms with Crippen LogP contribution in [0.25, 0.3) is 22.2 Å². The van der Waals surface area contributed by atoms with Crippen LogP contribution in [0.4, 0.5) is 0 Å². The fourth-order valence-electron chi connectivity index (χ4n) is 1.49. The third-order valence-corrected chi connectivity index (χ3v) is 3.72. The number of thiophene rings is 1. The van der Waals surface area contributed by atoms with Crippen LogP contribution in [0.3, 0.4) is 0 Å². The standard InChI is InChI=1S/C12H6Cl2N2OS/c13-7-3-4-8(9(14)6-7)11-15-16-12(17-11)10-2-1-5-18-10/h1-6H. The molecule has 0 spiro atoms. The molecule has 0 bridgehead atoms. The summed E-state index contributed by atoms with van der Waals surface area (Å²) >= 11 is 13.5. The third-order valence-electron chi connectivity index (χ3n) is 2.32. The van der Waals surface area contributed by atoms with Crippen molar-refractivity contribution in [2.45, 2.75) is 0 Å². The Hall–Kier alpha value is -1.36. The van der Waals surface area contributed by atoms with Gasteiger partial charge in [0.1, 0.15) is 0 Å². The van der Waals surface area contributed by atoms with Crippen molar-refractivity contribution in [3.63, 3.8) is 0 Å². The van der Waals surface area contributed by atoms with Gasteiger partial charge in [0, 0.05) is 5.02 Å². The van der Waals surface area contributed by atoms with Crippen molar-refractivity contribution in [2.24, 2.45) is 0 Å². The van der Waals surface area contributed by atoms with Crippen LogP contribution >= 0.6 is 34.5 Å². The first-order valence-electron chi connectivity index (χ1n) is 5.07. The molecule has 0 saturated carbocycles. The van der Waals surface area contributed by atoms with E-state index in [0.29, 0.717) is 27.4 Å². The zero-order valence-electron chi connectivity index (χ0n) is 8.93. The maximum absolute atomic E-state index is 6.09. The molecule has 0 fully saturated rings. The molecule has 3 rings (SSSR count). The number of nitrogens with zero attached hydrogens (tertiary/aromatic N) is 2. The quantitative estimate of drug-likeness (QED) is 0.683. The lowest BCUT2D eigenvalue weighted by atomic mass is 10.2. The van der Waals surface area contributed by atoms with Crippen molar-refractivity contribution in [1.82, 2.24) is 10.2 Å². The van der Waals surface area contributed by atoms with Gasteiger partial charge < -0.3 is 4.42 Å². The summed E-state index contributed by atoms with van der Waals surface area (Å²) in [6.45, 7) is 0. The molecule has 6 heteroatoms. The molecule has 0 aliphatic heterocycles. The number of halogens is 2. The molecule has 2 heterocycles. The molecule has 3 nitrogen and oxygen atoms in total. The summed E-state index contributed by atoms with van der Waals surface area (Å²) in [7, 11) is 0. The minimum atomic E-state index is 0.389. The van der Waals surface area contributed by atoms with Crippen LogP contribution in [0, 0.1) is 0 Å². The van der Waals surface area contributed by atoms with E-state index >= 15 is 0 Å². The van der Waals surface area contributed by atoms with Crippen molar-refractivity contribution in [3.8, 4) is 22.2 Å². The SMILES string of the molecule is Clc1ccc(-c2nnc(-c3cccs3)o2)c(Cl)c1. The smallest absolute Gasteiger partial charge is 0.258 e. The Balaban J connectivity index is 2.03. The van der Waals surface area contributed by atoms with Gasteiger partial charge in [-0.15, -0.1) is 21.5 Å². The van der Waals surface area contributed by atoms with Gasteiger partial charge in [0.2, 0.25) is 5.89 Å². The molecule has 0 radical (unpaired) electrons. The maximum atomic E-state index is 6.09. The number of hydrogen-bond acceptors (Lipinski definition) is 4. The van der Waals surface area contributed by atoms with E-state index in [1.165, 1.54) is 0 Å². The van der Waals surface area contributed by atoms with Gasteiger partial charge in [-0.3, -0.25) is 0 Å². The van der Waals surface area contributed by atoms with Gasteiger partial charge in [-0.2, -0.15) is 0 Å². The van der Waals surface area contributed by atoms with E-state index in [4.69, 9.17) is 27.6 Å². The van der Waals surface area contributed by atoms with E-state index < -0.39 is 0 Å². The van der Waals surface area contributed by atoms with Gasteiger partial charge in [-0.25, -0.2) is 0 Å². The maximum Gasteiger partial charge on any atom is 0.258 e. The van der Waals surface area contributed by atoms with E-state index in [0.717, 1.165) is 4.88 Å². The summed E-state index contributed by atoms with van der Waals surface area (Å²) in [4.78, 5) is 0.929. The Morgan fingerprint density at radius 3 is 2.61 bits per heavy atom. The second kappa shape index (κ2) is 4.72. The molecule has 0 aliphatic rings. The molecule has 18 heavy (non-hydrogen) atoms. The van der Waals surface area contributed by atoms with Crippen LogP contribution in [0.2, 0.25) is 10.0 Å². The Morgan fingerprint density at radius 2 is 1.89 bits per heavy atom. The molecule has 90 valence electrons. The lowest BCUT2D eigenvalue weighted by molar-refractivity contribution is 0.586. The zero-order valence-corrected chi connectivity index (χ0v) is 11.3. The molecule has 3 aromatic rings. The zero-order chi connectivity index (χ0) is 12.5. The lowest BCUT2D eigenvalue weighted by Gasteiger charge is -1.98. The average Bonchev–Trinajstić information content (AvgIpc) is 2.99. The van der Waals surface area contributed by atoms with E-state index in [-0.39, 0.29) is 0 Å². The molecule has 0 amide bonds. The van der Waals surface area contributed by atoms with E-state index in [1.54, 1.807) is 29.5 Å². The lowest BCUT2D eigenvalue weighted by Crippen LogP contribution is -1.79. The Labute approximate surface area is 117 Å². The van der Waals surface area contributed by atoms with E-state index in [1.807, 2.05) is 17.5 Å². The fraction of sp³-hybridized carbons (Fsp3) is 0. The van der Waals surface area contributed by atoms with Crippen molar-refractivity contribution >= 4 is 34.5 Å². The van der Waals surface area contributed by atoms with E-state index in [2.05, 4.69) is 10.2 Å². The summed E-state index contributed by atoms with van der Waals surface area (Å²) in [5.41, 5.74) is 0.677. The second-order valence-electron chi connectivity index (χ2n) is 3.51. The molecule has 0 aliphatic carbocycles. The summed E-state index contributed by atoms with van der Waals surface area (Å²) in [6, 6.07) is 8.99. The highest BCUT2D eigenvalue weighted by molar-refractivity contribution is 7.13. The van der Waals surface area contributed by atoms with Gasteiger partial charge in [0.15, 0.2) is 0 Å². The van der Waals surface area contributed by atoms with Crippen molar-refractivity contribution in [2.75, 3.05) is 0 Å². The van der Waals surface area contributed by atoms with Crippen molar-refractivity contribution in [3.05, 3.63) is 45.8 Å². The number of rotatable bonds is 2. The van der Waals surface area contributed by atoms with Gasteiger partial charge in [0.25, 0.3) is 5.89 Å². The average molecular weight is 297 g/mol. The molecule has 0 atom stereocenters. The Morgan fingerprint density at radius 1 is 1.06 bits per heavy atom. The summed E-state index contributed by atoms with van der Waals surface area (Å²) in [6.07, 6.45) is 0. The summed E-state index contributed by atoms with van der Waals surface area (Å²) in [5.74, 6) is 0.881. The van der Waals surface area contributed by atoms with Crippen molar-refractivity contribution < 1.29 is 4.42 Å². The van der Waals surface area contributed by atoms with Crippen LogP contribution in [-0.2, 0) is 0 Å². The topological polar surface area (TPSA) is 38.9 Å². The van der Waals surface area contributed by atoms with Crippen LogP contribution < -0.4 is 0 Å². The van der Waals surface area contributed by atoms with Crippen molar-refractivity contribution in [1.29, 1.82) is 0 Å². The van der Waals surface area contributed by atoms with E-state index in [9.17, 15) is 0 Å². The third kappa shape index (κ3) is 2.14. The molecule has 2 aromatic heterocycles. The van der Waals surface area contributed by atoms with Crippen LogP contribution in [-0.4, -0.2) is 10.2 Å². The predicted molar refractivity (Wildman–Crippen MR) is 73.1 cm³/mol. The van der Waals surface area contributed by atoms with Gasteiger partial charge >= 0.3 is 0 Å². The normalized spacial score (nSPS) is 10.8. The van der Waals surface area contributed by atoms with Crippen LogP contribution in [0.5, 0.6) is 0 Å². The number of aromatic nitrogens is 2. The summed E-state index contributed by atoms with van der Waals surface area (Å²) < 4.78 is 5.60.